The van der Waals surface area contributed by atoms with Crippen LogP contribution in [0.3, 0.4) is 0 Å². The second-order valence-electron chi connectivity index (χ2n) is 15.7. The third kappa shape index (κ3) is 8.61. The highest BCUT2D eigenvalue weighted by molar-refractivity contribution is 7.13. The number of carbonyl (C=O) groups excluding carboxylic acids is 3. The van der Waals surface area contributed by atoms with Crippen LogP contribution in [0, 0.1) is 12.8 Å². The van der Waals surface area contributed by atoms with E-state index in [1.165, 1.54) is 4.90 Å². The van der Waals surface area contributed by atoms with E-state index in [4.69, 9.17) is 14.0 Å². The molecule has 0 spiro atoms. The summed E-state index contributed by atoms with van der Waals surface area (Å²) in [4.78, 5) is 50.9. The molecule has 2 aromatic heterocycles. The number of amides is 3. The molecule has 282 valence electrons. The standard InChI is InChI=1S/C38H52N6O7S/c1-22(2)33(31-17-32(41-51-31)43-19-29(20-43)49-28-12-14-42(15-13-28)37(48)50-38(5,6)7)36(47)44-18-27(45)16-30(44)35(46)40-23(3)25-8-10-26(11-9-25)34-24(4)39-21-52-34/h8-11,17,21-23,27-30,33,45H,12-16,18-20H2,1-7H3,(H,40,46)/t23-,27+,30-,33?/m0/s1. The Hall–Kier alpha value is -4.01. The molecule has 0 saturated carbocycles. The molecule has 1 aromatic carbocycles. The lowest BCUT2D eigenvalue weighted by Gasteiger charge is -2.42. The zero-order valence-electron chi connectivity index (χ0n) is 31.2. The first-order valence-electron chi connectivity index (χ1n) is 18.3. The van der Waals surface area contributed by atoms with Gasteiger partial charge < -0.3 is 39.1 Å². The lowest BCUT2D eigenvalue weighted by molar-refractivity contribution is -0.141. The predicted molar refractivity (Wildman–Crippen MR) is 197 cm³/mol. The number of anilines is 1. The molecule has 0 radical (unpaired) electrons. The van der Waals surface area contributed by atoms with Crippen molar-refractivity contribution in [2.45, 2.75) is 110 Å². The van der Waals surface area contributed by atoms with Gasteiger partial charge in [-0.05, 0) is 64.5 Å². The Morgan fingerprint density at radius 3 is 2.35 bits per heavy atom. The third-order valence-electron chi connectivity index (χ3n) is 10.0. The van der Waals surface area contributed by atoms with E-state index in [1.807, 2.05) is 78.2 Å². The summed E-state index contributed by atoms with van der Waals surface area (Å²) in [5.74, 6) is -0.330. The number of ether oxygens (including phenoxy) is 2. The molecular formula is C38H52N6O7S. The highest BCUT2D eigenvalue weighted by Gasteiger charge is 2.44. The number of benzene rings is 1. The highest BCUT2D eigenvalue weighted by Crippen LogP contribution is 2.35. The van der Waals surface area contributed by atoms with Gasteiger partial charge in [-0.2, -0.15) is 0 Å². The van der Waals surface area contributed by atoms with Gasteiger partial charge >= 0.3 is 6.09 Å². The molecule has 2 N–H and O–H groups in total. The molecular weight excluding hydrogens is 685 g/mol. The van der Waals surface area contributed by atoms with Crippen LogP contribution in [-0.2, 0) is 19.1 Å². The number of piperidine rings is 1. The Kier molecular flexibility index (Phi) is 11.3. The summed E-state index contributed by atoms with van der Waals surface area (Å²) in [5, 5.41) is 18.0. The van der Waals surface area contributed by atoms with Gasteiger partial charge in [0, 0.05) is 45.2 Å². The quantitative estimate of drug-likeness (QED) is 0.281. The van der Waals surface area contributed by atoms with E-state index in [0.717, 1.165) is 34.5 Å². The Morgan fingerprint density at radius 1 is 1.04 bits per heavy atom. The average molecular weight is 737 g/mol. The first kappa shape index (κ1) is 37.7. The number of nitrogens with zero attached hydrogens (tertiary/aromatic N) is 5. The zero-order valence-corrected chi connectivity index (χ0v) is 32.0. The van der Waals surface area contributed by atoms with Crippen molar-refractivity contribution in [2.24, 2.45) is 5.92 Å². The summed E-state index contributed by atoms with van der Waals surface area (Å²) >= 11 is 1.59. The fourth-order valence-electron chi connectivity index (χ4n) is 7.17. The molecule has 3 saturated heterocycles. The molecule has 14 heteroatoms. The van der Waals surface area contributed by atoms with Crippen LogP contribution >= 0.6 is 11.3 Å². The predicted octanol–water partition coefficient (Wildman–Crippen LogP) is 5.29. The molecule has 52 heavy (non-hydrogen) atoms. The Morgan fingerprint density at radius 2 is 1.73 bits per heavy atom. The maximum atomic E-state index is 14.1. The van der Waals surface area contributed by atoms with Crippen LogP contribution in [0.25, 0.3) is 10.4 Å². The van der Waals surface area contributed by atoms with Crippen LogP contribution in [0.15, 0.2) is 40.4 Å². The van der Waals surface area contributed by atoms with Crippen molar-refractivity contribution in [1.82, 2.24) is 25.3 Å². The number of carbonyl (C=O) groups is 3. The lowest BCUT2D eigenvalue weighted by atomic mass is 9.91. The van der Waals surface area contributed by atoms with Gasteiger partial charge in [-0.15, -0.1) is 11.3 Å². The molecule has 1 unspecified atom stereocenters. The summed E-state index contributed by atoms with van der Waals surface area (Å²) in [6.07, 6.45) is 0.694. The molecule has 3 amide bonds. The van der Waals surface area contributed by atoms with E-state index in [9.17, 15) is 19.5 Å². The van der Waals surface area contributed by atoms with Gasteiger partial charge in [-0.25, -0.2) is 9.78 Å². The van der Waals surface area contributed by atoms with Gasteiger partial charge in [-0.1, -0.05) is 43.3 Å². The first-order chi connectivity index (χ1) is 24.7. The number of aromatic nitrogens is 2. The number of aliphatic hydroxyl groups is 1. The minimum Gasteiger partial charge on any atom is -0.444 e. The van der Waals surface area contributed by atoms with Gasteiger partial charge in [0.25, 0.3) is 0 Å². The van der Waals surface area contributed by atoms with Crippen molar-refractivity contribution in [3.63, 3.8) is 0 Å². The van der Waals surface area contributed by atoms with E-state index in [-0.39, 0.29) is 55.0 Å². The number of aryl methyl sites for hydroxylation is 1. The topological polar surface area (TPSA) is 151 Å². The maximum Gasteiger partial charge on any atom is 0.410 e. The molecule has 0 aliphatic carbocycles. The van der Waals surface area contributed by atoms with E-state index >= 15 is 0 Å². The minimum atomic E-state index is -0.808. The molecule has 13 nitrogen and oxygen atoms in total. The largest absolute Gasteiger partial charge is 0.444 e. The molecule has 4 atom stereocenters. The smallest absolute Gasteiger partial charge is 0.410 e. The number of rotatable bonds is 10. The van der Waals surface area contributed by atoms with Crippen molar-refractivity contribution in [3.05, 3.63) is 52.9 Å². The Bertz CT molecular complexity index is 1700. The van der Waals surface area contributed by atoms with Crippen LogP contribution < -0.4 is 10.2 Å². The molecule has 5 heterocycles. The van der Waals surface area contributed by atoms with Crippen LogP contribution in [-0.4, -0.2) is 106 Å². The highest BCUT2D eigenvalue weighted by atomic mass is 32.1. The van der Waals surface area contributed by atoms with Crippen molar-refractivity contribution < 1.29 is 33.5 Å². The Labute approximate surface area is 309 Å². The number of β-amino-alcohol motifs (C(OH)–C–C–N with tert-alkyl or cyclic N) is 1. The van der Waals surface area contributed by atoms with Crippen LogP contribution in [0.2, 0.25) is 0 Å². The van der Waals surface area contributed by atoms with E-state index in [1.54, 1.807) is 22.3 Å². The molecule has 3 aliphatic rings. The van der Waals surface area contributed by atoms with Crippen molar-refractivity contribution >= 4 is 35.1 Å². The van der Waals surface area contributed by atoms with Gasteiger partial charge in [0.2, 0.25) is 11.8 Å². The summed E-state index contributed by atoms with van der Waals surface area (Å²) in [6.45, 7) is 15.9. The van der Waals surface area contributed by atoms with Crippen molar-refractivity contribution in [3.8, 4) is 10.4 Å². The number of likely N-dealkylation sites (tertiary alicyclic amines) is 2. The number of thiazole rings is 1. The summed E-state index contributed by atoms with van der Waals surface area (Å²) in [5.41, 5.74) is 4.30. The lowest BCUT2D eigenvalue weighted by Crippen LogP contribution is -2.54. The summed E-state index contributed by atoms with van der Waals surface area (Å²) in [7, 11) is 0. The molecule has 6 rings (SSSR count). The van der Waals surface area contributed by atoms with E-state index in [2.05, 4.69) is 20.4 Å². The second kappa shape index (κ2) is 15.5. The normalized spacial score (nSPS) is 21.3. The van der Waals surface area contributed by atoms with E-state index < -0.39 is 23.7 Å². The minimum absolute atomic E-state index is 0.0360. The van der Waals surface area contributed by atoms with Crippen LogP contribution in [0.1, 0.15) is 89.8 Å². The fraction of sp³-hybridized carbons (Fsp3) is 0.605. The summed E-state index contributed by atoms with van der Waals surface area (Å²) in [6, 6.07) is 8.73. The molecule has 3 aromatic rings. The van der Waals surface area contributed by atoms with Gasteiger partial charge in [0.15, 0.2) is 11.6 Å². The van der Waals surface area contributed by atoms with Crippen LogP contribution in [0.4, 0.5) is 10.6 Å². The monoisotopic (exact) mass is 736 g/mol. The number of hydrogen-bond acceptors (Lipinski definition) is 11. The fourth-order valence-corrected chi connectivity index (χ4v) is 7.99. The van der Waals surface area contributed by atoms with E-state index in [0.29, 0.717) is 37.8 Å². The van der Waals surface area contributed by atoms with Crippen molar-refractivity contribution in [2.75, 3.05) is 37.6 Å². The summed E-state index contributed by atoms with van der Waals surface area (Å²) < 4.78 is 17.6. The number of nitrogens with one attached hydrogen (secondary N) is 1. The zero-order chi connectivity index (χ0) is 37.3. The van der Waals surface area contributed by atoms with Gasteiger partial charge in [0.1, 0.15) is 17.6 Å². The number of hydrogen-bond donors (Lipinski definition) is 2. The van der Waals surface area contributed by atoms with Crippen molar-refractivity contribution in [1.29, 1.82) is 0 Å². The molecule has 3 fully saturated rings. The van der Waals surface area contributed by atoms with Gasteiger partial charge in [0.05, 0.1) is 40.4 Å². The maximum absolute atomic E-state index is 14.1. The second-order valence-corrected chi connectivity index (χ2v) is 16.5. The molecule has 3 aliphatic heterocycles. The van der Waals surface area contributed by atoms with Crippen LogP contribution in [0.5, 0.6) is 0 Å². The first-order valence-corrected chi connectivity index (χ1v) is 19.2. The number of aliphatic hydroxyl groups excluding tert-OH is 1. The molecule has 0 bridgehead atoms. The Balaban J connectivity index is 1.02. The average Bonchev–Trinajstić information content (AvgIpc) is 3.82. The third-order valence-corrected chi connectivity index (χ3v) is 11.0. The SMILES string of the molecule is Cc1ncsc1-c1ccc([C@H](C)NC(=O)[C@@H]2C[C@@H](O)CN2C(=O)C(c2cc(N3CC(OC4CCN(C(=O)OC(C)(C)C)CC4)C3)no2)C(C)C)cc1. The van der Waals surface area contributed by atoms with Gasteiger partial charge in [-0.3, -0.25) is 9.59 Å².